The third kappa shape index (κ3) is 5.73. The third-order valence-corrected chi connectivity index (χ3v) is 7.52. The Bertz CT molecular complexity index is 1010. The number of carboxylic acid groups (broad SMARTS) is 1. The summed E-state index contributed by atoms with van der Waals surface area (Å²) in [7, 11) is 0. The Labute approximate surface area is 203 Å². The summed E-state index contributed by atoms with van der Waals surface area (Å²) in [5.41, 5.74) is 4.01. The first kappa shape index (κ1) is 24.1. The van der Waals surface area contributed by atoms with E-state index in [-0.39, 0.29) is 31.3 Å². The number of carboxylic acids is 1. The molecule has 7 nitrogen and oxygen atoms in total. The van der Waals surface area contributed by atoms with E-state index in [4.69, 9.17) is 4.74 Å². The van der Waals surface area contributed by atoms with Crippen LogP contribution in [-0.2, 0) is 14.3 Å². The Hall–Kier alpha value is -3.00. The predicted molar refractivity (Wildman–Crippen MR) is 132 cm³/mol. The van der Waals surface area contributed by atoms with E-state index in [2.05, 4.69) is 34.9 Å². The number of alkyl carbamates (subject to hydrolysis) is 1. The Morgan fingerprint density at radius 1 is 1.00 bits per heavy atom. The molecule has 0 saturated carbocycles. The van der Waals surface area contributed by atoms with Gasteiger partial charge in [0.2, 0.25) is 5.91 Å². The first-order valence-corrected chi connectivity index (χ1v) is 12.8. The molecule has 2 amide bonds. The van der Waals surface area contributed by atoms with Gasteiger partial charge in [0.25, 0.3) is 0 Å². The number of amides is 2. The van der Waals surface area contributed by atoms with Crippen LogP contribution < -0.4 is 10.6 Å². The average Bonchev–Trinajstić information content (AvgIpc) is 3.14. The molecule has 0 aromatic heterocycles. The number of hydrogen-bond donors (Lipinski definition) is 3. The standard InChI is InChI=1S/C26H30N2O5S/c29-23(28-26(16-24(30)31)11-14-34-15-12-26)10-5-13-27-25(32)33-17-22-20-8-3-1-6-18(20)19-7-2-4-9-21(19)22/h1-4,6-9,22H,5,10-17H2,(H,27,32)(H,28,29)(H,30,31). The van der Waals surface area contributed by atoms with Crippen molar-refractivity contribution in [2.75, 3.05) is 24.7 Å². The fourth-order valence-electron chi connectivity index (χ4n) is 4.84. The Kier molecular flexibility index (Phi) is 7.77. The monoisotopic (exact) mass is 482 g/mol. The third-order valence-electron chi connectivity index (χ3n) is 6.54. The number of fused-ring (bicyclic) bond motifs is 3. The number of rotatable bonds is 9. The Balaban J connectivity index is 1.21. The molecule has 0 bridgehead atoms. The van der Waals surface area contributed by atoms with Crippen molar-refractivity contribution in [2.45, 2.75) is 43.6 Å². The highest BCUT2D eigenvalue weighted by molar-refractivity contribution is 7.99. The summed E-state index contributed by atoms with van der Waals surface area (Å²) in [5.74, 6) is 0.614. The Morgan fingerprint density at radius 3 is 2.24 bits per heavy atom. The van der Waals surface area contributed by atoms with Gasteiger partial charge in [-0.1, -0.05) is 48.5 Å². The lowest BCUT2D eigenvalue weighted by atomic mass is 9.88. The molecule has 2 aromatic carbocycles. The molecular weight excluding hydrogens is 452 g/mol. The number of hydrogen-bond acceptors (Lipinski definition) is 5. The molecule has 34 heavy (non-hydrogen) atoms. The van der Waals surface area contributed by atoms with Crippen LogP contribution >= 0.6 is 11.8 Å². The van der Waals surface area contributed by atoms with E-state index >= 15 is 0 Å². The van der Waals surface area contributed by atoms with E-state index in [9.17, 15) is 19.5 Å². The van der Waals surface area contributed by atoms with E-state index in [1.165, 1.54) is 11.1 Å². The normalized spacial score (nSPS) is 16.2. The van der Waals surface area contributed by atoms with Crippen molar-refractivity contribution in [2.24, 2.45) is 0 Å². The van der Waals surface area contributed by atoms with Crippen molar-refractivity contribution in [1.29, 1.82) is 0 Å². The molecule has 3 N–H and O–H groups in total. The minimum absolute atomic E-state index is 0.00279. The molecule has 4 rings (SSSR count). The number of carbonyl (C=O) groups is 3. The molecular formula is C26H30N2O5S. The highest BCUT2D eigenvalue weighted by Crippen LogP contribution is 2.44. The van der Waals surface area contributed by atoms with Crippen LogP contribution in [0.5, 0.6) is 0 Å². The van der Waals surface area contributed by atoms with Crippen LogP contribution in [0.4, 0.5) is 4.79 Å². The second kappa shape index (κ2) is 11.0. The summed E-state index contributed by atoms with van der Waals surface area (Å²) in [6.07, 6.45) is 1.43. The van der Waals surface area contributed by atoms with Crippen molar-refractivity contribution >= 4 is 29.7 Å². The van der Waals surface area contributed by atoms with Crippen molar-refractivity contribution < 1.29 is 24.2 Å². The van der Waals surface area contributed by atoms with Crippen LogP contribution in [0.3, 0.4) is 0 Å². The summed E-state index contributed by atoms with van der Waals surface area (Å²) in [4.78, 5) is 35.9. The molecule has 8 heteroatoms. The van der Waals surface area contributed by atoms with Crippen LogP contribution in [0.1, 0.15) is 49.1 Å². The fourth-order valence-corrected chi connectivity index (χ4v) is 6.12. The van der Waals surface area contributed by atoms with E-state index in [1.54, 1.807) is 11.8 Å². The summed E-state index contributed by atoms with van der Waals surface area (Å²) >= 11 is 1.78. The highest BCUT2D eigenvalue weighted by atomic mass is 32.2. The van der Waals surface area contributed by atoms with Gasteiger partial charge in [-0.05, 0) is 53.0 Å². The van der Waals surface area contributed by atoms with Crippen molar-refractivity contribution in [3.63, 3.8) is 0 Å². The van der Waals surface area contributed by atoms with Crippen molar-refractivity contribution in [1.82, 2.24) is 10.6 Å². The molecule has 1 saturated heterocycles. The quantitative estimate of drug-likeness (QED) is 0.464. The molecule has 180 valence electrons. The maximum Gasteiger partial charge on any atom is 0.407 e. The molecule has 1 heterocycles. The number of benzene rings is 2. The number of carbonyl (C=O) groups excluding carboxylic acids is 2. The van der Waals surface area contributed by atoms with Gasteiger partial charge < -0.3 is 20.5 Å². The van der Waals surface area contributed by atoms with Crippen LogP contribution in [0.15, 0.2) is 48.5 Å². The lowest BCUT2D eigenvalue weighted by Crippen LogP contribution is -2.52. The highest BCUT2D eigenvalue weighted by Gasteiger charge is 2.36. The smallest absolute Gasteiger partial charge is 0.407 e. The number of aliphatic carboxylic acids is 1. The molecule has 0 atom stereocenters. The molecule has 0 spiro atoms. The molecule has 0 radical (unpaired) electrons. The van der Waals surface area contributed by atoms with Gasteiger partial charge in [-0.25, -0.2) is 4.79 Å². The minimum atomic E-state index is -0.899. The largest absolute Gasteiger partial charge is 0.481 e. The van der Waals surface area contributed by atoms with Crippen LogP contribution in [0.2, 0.25) is 0 Å². The topological polar surface area (TPSA) is 105 Å². The van der Waals surface area contributed by atoms with Gasteiger partial charge in [-0.2, -0.15) is 11.8 Å². The summed E-state index contributed by atoms with van der Waals surface area (Å²) in [5, 5.41) is 14.9. The van der Waals surface area contributed by atoms with Crippen molar-refractivity contribution in [3.8, 4) is 11.1 Å². The molecule has 2 aliphatic rings. The summed E-state index contributed by atoms with van der Waals surface area (Å²) < 4.78 is 5.51. The molecule has 1 aliphatic carbocycles. The Morgan fingerprint density at radius 2 is 1.62 bits per heavy atom. The predicted octanol–water partition coefficient (Wildman–Crippen LogP) is 4.16. The zero-order chi connectivity index (χ0) is 24.0. The second-order valence-corrected chi connectivity index (χ2v) is 10.1. The van der Waals surface area contributed by atoms with Crippen LogP contribution in [-0.4, -0.2) is 53.3 Å². The van der Waals surface area contributed by atoms with Gasteiger partial charge >= 0.3 is 12.1 Å². The zero-order valence-corrected chi connectivity index (χ0v) is 19.9. The van der Waals surface area contributed by atoms with Crippen LogP contribution in [0.25, 0.3) is 11.1 Å². The van der Waals surface area contributed by atoms with Gasteiger partial charge in [0, 0.05) is 18.9 Å². The van der Waals surface area contributed by atoms with Gasteiger partial charge in [0.15, 0.2) is 0 Å². The lowest BCUT2D eigenvalue weighted by molar-refractivity contribution is -0.139. The lowest BCUT2D eigenvalue weighted by Gasteiger charge is -2.36. The molecule has 2 aromatic rings. The first-order chi connectivity index (χ1) is 16.5. The average molecular weight is 483 g/mol. The van der Waals surface area contributed by atoms with E-state index < -0.39 is 17.6 Å². The van der Waals surface area contributed by atoms with Gasteiger partial charge in [-0.15, -0.1) is 0 Å². The first-order valence-electron chi connectivity index (χ1n) is 11.7. The van der Waals surface area contributed by atoms with Gasteiger partial charge in [0.1, 0.15) is 6.61 Å². The molecule has 1 aliphatic heterocycles. The van der Waals surface area contributed by atoms with E-state index in [0.29, 0.717) is 25.8 Å². The molecule has 0 unspecified atom stereocenters. The number of nitrogens with one attached hydrogen (secondary N) is 2. The summed E-state index contributed by atoms with van der Waals surface area (Å²) in [6, 6.07) is 16.3. The van der Waals surface area contributed by atoms with Gasteiger partial charge in [-0.3, -0.25) is 9.59 Å². The van der Waals surface area contributed by atoms with Gasteiger partial charge in [0.05, 0.1) is 12.0 Å². The summed E-state index contributed by atoms with van der Waals surface area (Å²) in [6.45, 7) is 0.557. The fraction of sp³-hybridized carbons (Fsp3) is 0.423. The molecule has 1 fully saturated rings. The number of ether oxygens (including phenoxy) is 1. The number of thioether (sulfide) groups is 1. The van der Waals surface area contributed by atoms with E-state index in [1.807, 2.05) is 24.3 Å². The van der Waals surface area contributed by atoms with Crippen LogP contribution in [0, 0.1) is 0 Å². The minimum Gasteiger partial charge on any atom is -0.481 e. The second-order valence-electron chi connectivity index (χ2n) is 8.87. The maximum absolute atomic E-state index is 12.4. The SMILES string of the molecule is O=C(O)CC1(NC(=O)CCCNC(=O)OCC2c3ccccc3-c3ccccc32)CCSCC1. The zero-order valence-electron chi connectivity index (χ0n) is 19.0. The maximum atomic E-state index is 12.4. The van der Waals surface area contributed by atoms with E-state index in [0.717, 1.165) is 22.6 Å². The van der Waals surface area contributed by atoms with Crippen molar-refractivity contribution in [3.05, 3.63) is 59.7 Å².